The van der Waals surface area contributed by atoms with Crippen molar-refractivity contribution < 1.29 is 0 Å². The molecular weight excluding hydrogens is 305 g/mol. The van der Waals surface area contributed by atoms with Gasteiger partial charge in [0.1, 0.15) is 0 Å². The minimum absolute atomic E-state index is 0. The monoisotopic (exact) mass is 324 g/mol. The van der Waals surface area contributed by atoms with E-state index < -0.39 is 0 Å². The Morgan fingerprint density at radius 3 is 1.47 bits per heavy atom. The Morgan fingerprint density at radius 2 is 1.33 bits per heavy atom. The van der Waals surface area contributed by atoms with Gasteiger partial charge in [0.15, 0.2) is 0 Å². The van der Waals surface area contributed by atoms with Crippen LogP contribution in [0.15, 0.2) is 35.5 Å². The van der Waals surface area contributed by atoms with E-state index in [1.54, 1.807) is 0 Å². The number of allylic oxidation sites excluding steroid dienone is 8. The van der Waals surface area contributed by atoms with Crippen molar-refractivity contribution in [1.29, 1.82) is 0 Å². The molecule has 0 nitrogen and oxygen atoms in total. The van der Waals surface area contributed by atoms with Gasteiger partial charge in [0, 0.05) is 0 Å². The molecule has 1 heteroatoms. The van der Waals surface area contributed by atoms with E-state index >= 15 is 0 Å². The molecule has 15 heavy (non-hydrogen) atoms. The smallest absolute Gasteiger partial charge is 0.270 e. The Hall–Kier alpha value is 0.531. The molecule has 0 aromatic rings. The SMILES string of the molecule is CCC1=[C-]CC=C1.CCC1=[C-]CC=C1.[Ba+2]. The molecule has 0 unspecified atom stereocenters. The van der Waals surface area contributed by atoms with Crippen LogP contribution in [-0.4, -0.2) is 48.9 Å². The zero-order valence-electron chi connectivity index (χ0n) is 9.84. The molecule has 2 aliphatic rings. The molecule has 0 heterocycles. The van der Waals surface area contributed by atoms with Gasteiger partial charge in [-0.15, -0.1) is 12.8 Å². The van der Waals surface area contributed by atoms with Crippen LogP contribution in [0.4, 0.5) is 0 Å². The molecule has 0 radical (unpaired) electrons. The van der Waals surface area contributed by atoms with Crippen LogP contribution in [-0.2, 0) is 0 Å². The van der Waals surface area contributed by atoms with E-state index in [1.165, 1.54) is 11.1 Å². The van der Waals surface area contributed by atoms with Crippen molar-refractivity contribution in [3.63, 3.8) is 0 Å². The van der Waals surface area contributed by atoms with Crippen LogP contribution < -0.4 is 0 Å². The van der Waals surface area contributed by atoms with Gasteiger partial charge in [-0.2, -0.15) is 12.2 Å². The first-order chi connectivity index (χ1) is 6.86. The topological polar surface area (TPSA) is 0 Å². The maximum atomic E-state index is 3.21. The van der Waals surface area contributed by atoms with Crippen molar-refractivity contribution in [3.8, 4) is 0 Å². The van der Waals surface area contributed by atoms with Crippen LogP contribution in [0.1, 0.15) is 39.5 Å². The molecule has 0 amide bonds. The Labute approximate surface area is 134 Å². The molecule has 0 bridgehead atoms. The molecule has 0 aromatic carbocycles. The van der Waals surface area contributed by atoms with E-state index in [9.17, 15) is 0 Å². The number of rotatable bonds is 2. The second-order valence-electron chi connectivity index (χ2n) is 3.32. The van der Waals surface area contributed by atoms with Crippen molar-refractivity contribution >= 4 is 48.9 Å². The zero-order chi connectivity index (χ0) is 10.2. The van der Waals surface area contributed by atoms with Crippen LogP contribution in [0.3, 0.4) is 0 Å². The molecule has 0 N–H and O–H groups in total. The largest absolute Gasteiger partial charge is 2.00 e. The van der Waals surface area contributed by atoms with Crippen molar-refractivity contribution in [3.05, 3.63) is 47.6 Å². The third-order valence-electron chi connectivity index (χ3n) is 2.29. The fourth-order valence-electron chi connectivity index (χ4n) is 1.39. The average molecular weight is 324 g/mol. The van der Waals surface area contributed by atoms with Crippen molar-refractivity contribution in [2.24, 2.45) is 0 Å². The Balaban J connectivity index is 0.000000245. The molecule has 0 saturated heterocycles. The summed E-state index contributed by atoms with van der Waals surface area (Å²) in [6, 6.07) is 0. The predicted molar refractivity (Wildman–Crippen MR) is 67.4 cm³/mol. The molecule has 0 saturated carbocycles. The Bertz CT molecular complexity index is 250. The maximum absolute atomic E-state index is 3.21. The summed E-state index contributed by atoms with van der Waals surface area (Å²) in [4.78, 5) is 0. The third-order valence-corrected chi connectivity index (χ3v) is 2.29. The number of hydrogen-bond donors (Lipinski definition) is 0. The van der Waals surface area contributed by atoms with Crippen molar-refractivity contribution in [2.45, 2.75) is 39.5 Å². The van der Waals surface area contributed by atoms with Gasteiger partial charge < -0.3 is 0 Å². The van der Waals surface area contributed by atoms with Crippen LogP contribution in [0.5, 0.6) is 0 Å². The molecule has 0 fully saturated rings. The van der Waals surface area contributed by atoms with Crippen LogP contribution in [0.25, 0.3) is 0 Å². The normalized spacial score (nSPS) is 16.4. The fraction of sp³-hybridized carbons (Fsp3) is 0.429. The van der Waals surface area contributed by atoms with Gasteiger partial charge in [0.2, 0.25) is 0 Å². The average Bonchev–Trinajstić information content (AvgIpc) is 2.92. The van der Waals surface area contributed by atoms with E-state index in [0.717, 1.165) is 25.7 Å². The molecule has 0 aromatic heterocycles. The maximum Gasteiger partial charge on any atom is 2.00 e. The summed E-state index contributed by atoms with van der Waals surface area (Å²) in [6.45, 7) is 4.30. The standard InChI is InChI=1S/2C7H9.Ba/c2*1-2-7-5-3-4-6-7;/h2*3,5H,2,4H2,1H3;/q2*-1;+2. The van der Waals surface area contributed by atoms with Crippen LogP contribution in [0, 0.1) is 12.2 Å². The van der Waals surface area contributed by atoms with Gasteiger partial charge in [-0.1, -0.05) is 26.7 Å². The molecule has 2 aliphatic carbocycles. The third kappa shape index (κ3) is 6.64. The van der Waals surface area contributed by atoms with E-state index in [-0.39, 0.29) is 48.9 Å². The summed E-state index contributed by atoms with van der Waals surface area (Å²) in [5.74, 6) is 0. The first kappa shape index (κ1) is 15.5. The van der Waals surface area contributed by atoms with Gasteiger partial charge in [0.05, 0.1) is 0 Å². The minimum Gasteiger partial charge on any atom is -0.270 e. The summed E-state index contributed by atoms with van der Waals surface area (Å²) in [5, 5.41) is 0. The molecule has 0 atom stereocenters. The Morgan fingerprint density at radius 1 is 0.933 bits per heavy atom. The fourth-order valence-corrected chi connectivity index (χ4v) is 1.39. The molecule has 76 valence electrons. The zero-order valence-corrected chi connectivity index (χ0v) is 14.3. The van der Waals surface area contributed by atoms with E-state index in [0.29, 0.717) is 0 Å². The van der Waals surface area contributed by atoms with E-state index in [1.807, 2.05) is 0 Å². The van der Waals surface area contributed by atoms with Crippen LogP contribution >= 0.6 is 0 Å². The molecule has 0 spiro atoms. The van der Waals surface area contributed by atoms with E-state index in [4.69, 9.17) is 0 Å². The van der Waals surface area contributed by atoms with E-state index in [2.05, 4.69) is 50.3 Å². The van der Waals surface area contributed by atoms with Crippen LogP contribution in [0.2, 0.25) is 0 Å². The summed E-state index contributed by atoms with van der Waals surface area (Å²) < 4.78 is 0. The van der Waals surface area contributed by atoms with Gasteiger partial charge in [-0.3, -0.25) is 12.2 Å². The predicted octanol–water partition coefficient (Wildman–Crippen LogP) is 3.79. The van der Waals surface area contributed by atoms with Gasteiger partial charge >= 0.3 is 48.9 Å². The minimum atomic E-state index is 0. The summed E-state index contributed by atoms with van der Waals surface area (Å²) in [5.41, 5.74) is 2.72. The summed E-state index contributed by atoms with van der Waals surface area (Å²) >= 11 is 0. The first-order valence-corrected chi connectivity index (χ1v) is 5.39. The Kier molecular flexibility index (Phi) is 10.1. The quantitative estimate of drug-likeness (QED) is 0.536. The molecular formula is C14H18Ba. The first-order valence-electron chi connectivity index (χ1n) is 5.39. The van der Waals surface area contributed by atoms with Gasteiger partial charge in [-0.25, -0.2) is 23.3 Å². The summed E-state index contributed by atoms with van der Waals surface area (Å²) in [7, 11) is 0. The summed E-state index contributed by atoms with van der Waals surface area (Å²) in [6.07, 6.45) is 19.3. The van der Waals surface area contributed by atoms with Crippen molar-refractivity contribution in [1.82, 2.24) is 0 Å². The molecule has 2 rings (SSSR count). The van der Waals surface area contributed by atoms with Gasteiger partial charge in [-0.05, 0) is 0 Å². The molecule has 0 aliphatic heterocycles. The van der Waals surface area contributed by atoms with Crippen molar-refractivity contribution in [2.75, 3.05) is 0 Å². The van der Waals surface area contributed by atoms with Gasteiger partial charge in [0.25, 0.3) is 0 Å². The number of hydrogen-bond acceptors (Lipinski definition) is 0. The second kappa shape index (κ2) is 9.74. The second-order valence-corrected chi connectivity index (χ2v) is 3.32.